The van der Waals surface area contributed by atoms with Crippen molar-refractivity contribution < 1.29 is 14.0 Å². The Morgan fingerprint density at radius 3 is 2.86 bits per heavy atom. The molecule has 3 N–H and O–H groups in total. The van der Waals surface area contributed by atoms with Crippen LogP contribution in [0.25, 0.3) is 10.8 Å². The molecule has 7 nitrogen and oxygen atoms in total. The molecule has 0 spiro atoms. The molecule has 0 radical (unpaired) electrons. The number of nitrogens with one attached hydrogen (secondary N) is 1. The van der Waals surface area contributed by atoms with Crippen LogP contribution in [0.3, 0.4) is 0 Å². The summed E-state index contributed by atoms with van der Waals surface area (Å²) in [5, 5.41) is 5.48. The van der Waals surface area contributed by atoms with E-state index >= 15 is 0 Å². The zero-order chi connectivity index (χ0) is 18.5. The lowest BCUT2D eigenvalue weighted by Gasteiger charge is -2.32. The van der Waals surface area contributed by atoms with Crippen LogP contribution < -0.4 is 11.1 Å². The molecule has 0 saturated carbocycles. The van der Waals surface area contributed by atoms with Gasteiger partial charge in [-0.25, -0.2) is 4.98 Å². The number of rotatable bonds is 6. The number of nitrogens with zero attached hydrogens (tertiary/aromatic N) is 2. The molecule has 3 rings (SSSR count). The van der Waals surface area contributed by atoms with Gasteiger partial charge in [0.2, 0.25) is 11.8 Å². The molecule has 1 aliphatic rings. The van der Waals surface area contributed by atoms with Gasteiger partial charge in [0.25, 0.3) is 0 Å². The maximum Gasteiger partial charge on any atom is 0.228 e. The van der Waals surface area contributed by atoms with Crippen LogP contribution in [0, 0.1) is 12.8 Å². The van der Waals surface area contributed by atoms with Crippen LogP contribution in [0.4, 0.5) is 0 Å². The molecule has 0 bridgehead atoms. The number of thiazole rings is 1. The summed E-state index contributed by atoms with van der Waals surface area (Å²) < 4.78 is 5.58. The van der Waals surface area contributed by atoms with Crippen LogP contribution in [0.5, 0.6) is 0 Å². The van der Waals surface area contributed by atoms with E-state index in [1.807, 2.05) is 24.4 Å². The zero-order valence-electron chi connectivity index (χ0n) is 15.7. The predicted molar refractivity (Wildman–Crippen MR) is 114 cm³/mol. The fourth-order valence-electron chi connectivity index (χ4n) is 3.07. The van der Waals surface area contributed by atoms with E-state index in [9.17, 15) is 9.59 Å². The summed E-state index contributed by atoms with van der Waals surface area (Å²) in [7, 11) is 0. The van der Waals surface area contributed by atoms with E-state index in [1.165, 1.54) is 11.3 Å². The molecular weight excluding hydrogens is 423 g/mol. The molecule has 2 aromatic rings. The summed E-state index contributed by atoms with van der Waals surface area (Å²) in [6, 6.07) is 3.78. The van der Waals surface area contributed by atoms with Gasteiger partial charge in [0, 0.05) is 31.6 Å². The van der Waals surface area contributed by atoms with Crippen molar-refractivity contribution >= 4 is 48.0 Å². The second kappa shape index (κ2) is 11.4. The first kappa shape index (κ1) is 24.4. The standard InChI is InChI=1S/C18H24N4O3S.2ClH/c1-12-4-5-15(25-12)18-21-14(11-26-18)9-16(23)22-8-2-3-13(10-22)17(24)20-7-6-19;;/h4-5,11,13H,2-3,6-10,19H2,1H3,(H,20,24);2*1H. The summed E-state index contributed by atoms with van der Waals surface area (Å²) in [6.45, 7) is 3.93. The van der Waals surface area contributed by atoms with Gasteiger partial charge in [0.15, 0.2) is 10.8 Å². The van der Waals surface area contributed by atoms with Crippen molar-refractivity contribution in [3.05, 3.63) is 29.0 Å². The molecule has 2 amide bonds. The monoisotopic (exact) mass is 448 g/mol. The molecule has 1 saturated heterocycles. The molecule has 1 fully saturated rings. The number of piperidine rings is 1. The second-order valence-electron chi connectivity index (χ2n) is 6.49. The normalized spacial score (nSPS) is 16.1. The molecule has 3 heterocycles. The van der Waals surface area contributed by atoms with Crippen molar-refractivity contribution in [1.29, 1.82) is 0 Å². The zero-order valence-corrected chi connectivity index (χ0v) is 18.1. The number of furan rings is 1. The molecule has 0 aromatic carbocycles. The maximum atomic E-state index is 12.6. The van der Waals surface area contributed by atoms with Crippen LogP contribution in [0.1, 0.15) is 24.3 Å². The van der Waals surface area contributed by atoms with E-state index in [0.717, 1.165) is 35.1 Å². The number of carbonyl (C=O) groups excluding carboxylic acids is 2. The molecular formula is C18H26Cl2N4O3S. The first-order valence-electron chi connectivity index (χ1n) is 8.83. The largest absolute Gasteiger partial charge is 0.459 e. The lowest BCUT2D eigenvalue weighted by Crippen LogP contribution is -2.46. The summed E-state index contributed by atoms with van der Waals surface area (Å²) in [5.41, 5.74) is 6.16. The highest BCUT2D eigenvalue weighted by molar-refractivity contribution is 7.13. The molecule has 1 unspecified atom stereocenters. The fourth-order valence-corrected chi connectivity index (χ4v) is 3.85. The molecule has 2 aromatic heterocycles. The Kier molecular flexibility index (Phi) is 9.95. The SMILES string of the molecule is Cc1ccc(-c2nc(CC(=O)N3CCCC(C(=O)NCCN)C3)cs2)o1.Cl.Cl. The number of aromatic nitrogens is 1. The first-order valence-corrected chi connectivity index (χ1v) is 9.71. The minimum Gasteiger partial charge on any atom is -0.459 e. The van der Waals surface area contributed by atoms with Crippen molar-refractivity contribution in [3.63, 3.8) is 0 Å². The smallest absolute Gasteiger partial charge is 0.228 e. The highest BCUT2D eigenvalue weighted by Crippen LogP contribution is 2.26. The average molecular weight is 449 g/mol. The maximum absolute atomic E-state index is 12.6. The number of nitrogens with two attached hydrogens (primary N) is 1. The number of likely N-dealkylation sites (tertiary alicyclic amines) is 1. The first-order chi connectivity index (χ1) is 12.6. The highest BCUT2D eigenvalue weighted by atomic mass is 35.5. The summed E-state index contributed by atoms with van der Waals surface area (Å²) in [6.07, 6.45) is 1.88. The number of hydrogen-bond acceptors (Lipinski definition) is 6. The minimum absolute atomic E-state index is 0. The van der Waals surface area contributed by atoms with Gasteiger partial charge in [-0.2, -0.15) is 0 Å². The Bertz CT molecular complexity index is 780. The number of carbonyl (C=O) groups is 2. The Hall–Kier alpha value is -1.61. The van der Waals surface area contributed by atoms with Crippen molar-refractivity contribution in [1.82, 2.24) is 15.2 Å². The third-order valence-corrected chi connectivity index (χ3v) is 5.33. The van der Waals surface area contributed by atoms with Crippen molar-refractivity contribution in [3.8, 4) is 10.8 Å². The Balaban J connectivity index is 0.00000196. The molecule has 156 valence electrons. The second-order valence-corrected chi connectivity index (χ2v) is 7.35. The van der Waals surface area contributed by atoms with E-state index in [-0.39, 0.29) is 49.0 Å². The van der Waals surface area contributed by atoms with E-state index in [2.05, 4.69) is 10.3 Å². The third-order valence-electron chi connectivity index (χ3n) is 4.42. The van der Waals surface area contributed by atoms with Crippen molar-refractivity contribution in [2.75, 3.05) is 26.2 Å². The molecule has 10 heteroatoms. The van der Waals surface area contributed by atoms with Crippen molar-refractivity contribution in [2.45, 2.75) is 26.2 Å². The van der Waals surface area contributed by atoms with Crippen molar-refractivity contribution in [2.24, 2.45) is 11.7 Å². The third kappa shape index (κ3) is 6.20. The topological polar surface area (TPSA) is 101 Å². The van der Waals surface area contributed by atoms with Gasteiger partial charge in [-0.05, 0) is 31.9 Å². The van der Waals surface area contributed by atoms with Gasteiger partial charge in [-0.3, -0.25) is 9.59 Å². The Morgan fingerprint density at radius 1 is 1.39 bits per heavy atom. The molecule has 1 atom stereocenters. The van der Waals surface area contributed by atoms with Crippen LogP contribution in [0.15, 0.2) is 21.9 Å². The van der Waals surface area contributed by atoms with Crippen LogP contribution in [-0.4, -0.2) is 47.9 Å². The Labute approximate surface area is 180 Å². The van der Waals surface area contributed by atoms with Crippen LogP contribution in [-0.2, 0) is 16.0 Å². The van der Waals surface area contributed by atoms with Gasteiger partial charge in [-0.15, -0.1) is 36.2 Å². The van der Waals surface area contributed by atoms with Gasteiger partial charge in [0.1, 0.15) is 5.76 Å². The molecule has 1 aliphatic heterocycles. The summed E-state index contributed by atoms with van der Waals surface area (Å²) in [5.74, 6) is 1.39. The van der Waals surface area contributed by atoms with Gasteiger partial charge in [0.05, 0.1) is 18.0 Å². The van der Waals surface area contributed by atoms with E-state index in [1.54, 1.807) is 4.90 Å². The number of amides is 2. The highest BCUT2D eigenvalue weighted by Gasteiger charge is 2.28. The minimum atomic E-state index is -0.156. The Morgan fingerprint density at radius 2 is 2.18 bits per heavy atom. The number of halogens is 2. The van der Waals surface area contributed by atoms with Gasteiger partial charge < -0.3 is 20.4 Å². The molecule has 28 heavy (non-hydrogen) atoms. The summed E-state index contributed by atoms with van der Waals surface area (Å²) >= 11 is 1.47. The van der Waals surface area contributed by atoms with Gasteiger partial charge >= 0.3 is 0 Å². The van der Waals surface area contributed by atoms with E-state index in [4.69, 9.17) is 10.2 Å². The molecule has 0 aliphatic carbocycles. The number of hydrogen-bond donors (Lipinski definition) is 2. The number of aryl methyl sites for hydroxylation is 1. The quantitative estimate of drug-likeness (QED) is 0.706. The van der Waals surface area contributed by atoms with Gasteiger partial charge in [-0.1, -0.05) is 0 Å². The van der Waals surface area contributed by atoms with Crippen LogP contribution in [0.2, 0.25) is 0 Å². The van der Waals surface area contributed by atoms with E-state index < -0.39 is 0 Å². The van der Waals surface area contributed by atoms with E-state index in [0.29, 0.717) is 26.2 Å². The summed E-state index contributed by atoms with van der Waals surface area (Å²) in [4.78, 5) is 31.0. The lowest BCUT2D eigenvalue weighted by atomic mass is 9.96. The lowest BCUT2D eigenvalue weighted by molar-refractivity contribution is -0.135. The fraction of sp³-hybridized carbons (Fsp3) is 0.500. The predicted octanol–water partition coefficient (Wildman–Crippen LogP) is 2.41. The average Bonchev–Trinajstić information content (AvgIpc) is 3.28. The van der Waals surface area contributed by atoms with Crippen LogP contribution >= 0.6 is 36.2 Å².